The first kappa shape index (κ1) is 21.2. The number of nitrogens with one attached hydrogen (secondary N) is 2. The van der Waals surface area contributed by atoms with Gasteiger partial charge in [0.15, 0.2) is 0 Å². The molecule has 170 valence electrons. The Hall–Kier alpha value is -1.66. The highest BCUT2D eigenvalue weighted by molar-refractivity contribution is 5.79. The molecule has 0 aromatic rings. The summed E-state index contributed by atoms with van der Waals surface area (Å²) >= 11 is 0. The molecular formula is C25H37N3O3. The second-order valence-electron chi connectivity index (χ2n) is 10.9. The zero-order valence-corrected chi connectivity index (χ0v) is 18.6. The summed E-state index contributed by atoms with van der Waals surface area (Å²) in [6.45, 7) is 4.60. The van der Waals surface area contributed by atoms with Crippen LogP contribution in [-0.2, 0) is 9.59 Å². The first-order chi connectivity index (χ1) is 14.9. The van der Waals surface area contributed by atoms with Crippen LogP contribution in [0.1, 0.15) is 70.6 Å². The Labute approximate surface area is 185 Å². The molecule has 6 nitrogen and oxygen atoms in total. The van der Waals surface area contributed by atoms with Crippen LogP contribution < -0.4 is 10.6 Å². The summed E-state index contributed by atoms with van der Waals surface area (Å²) in [5, 5.41) is 16.1. The van der Waals surface area contributed by atoms with Gasteiger partial charge in [-0.25, -0.2) is 0 Å². The molecule has 2 saturated carbocycles. The fourth-order valence-electron chi connectivity index (χ4n) is 6.99. The van der Waals surface area contributed by atoms with E-state index < -0.39 is 5.54 Å². The van der Waals surface area contributed by atoms with Crippen molar-refractivity contribution in [3.63, 3.8) is 0 Å². The molecule has 31 heavy (non-hydrogen) atoms. The Kier molecular flexibility index (Phi) is 5.72. The Morgan fingerprint density at radius 1 is 1.13 bits per heavy atom. The standard InChI is InChI=1S/C25H37N3O3/c1-16-18-11-19(16)13-20(12-18)26-23(30)10-17-8-21-4-5-22(9-17)28(21)14-24(31)27-25(15-29)6-2-3-7-25/h12,17-19,21-22,29H,1-11,13-15H2,(H,26,30)(H,27,31)/t17?,18?,19?,21-,22+. The minimum atomic E-state index is -0.396. The van der Waals surface area contributed by atoms with E-state index in [0.29, 0.717) is 42.8 Å². The van der Waals surface area contributed by atoms with Crippen molar-refractivity contribution in [1.29, 1.82) is 0 Å². The Morgan fingerprint density at radius 3 is 2.42 bits per heavy atom. The molecule has 4 fully saturated rings. The van der Waals surface area contributed by atoms with E-state index >= 15 is 0 Å². The van der Waals surface area contributed by atoms with Crippen LogP contribution in [0.3, 0.4) is 0 Å². The SMILES string of the molecule is C=C1C2C=C(NC(=O)CC3C[C@H]4CC[C@@H](C3)N4CC(=O)NC3(CO)CCCC3)CC1C2. The number of carbonyl (C=O) groups excluding carboxylic acids is 2. The van der Waals surface area contributed by atoms with Crippen molar-refractivity contribution in [2.24, 2.45) is 17.8 Å². The monoisotopic (exact) mass is 427 g/mol. The summed E-state index contributed by atoms with van der Waals surface area (Å²) < 4.78 is 0. The van der Waals surface area contributed by atoms with Gasteiger partial charge in [-0.05, 0) is 63.2 Å². The normalized spacial score (nSPS) is 36.0. The third-order valence-electron chi connectivity index (χ3n) is 8.76. The smallest absolute Gasteiger partial charge is 0.234 e. The highest BCUT2D eigenvalue weighted by atomic mass is 16.3. The largest absolute Gasteiger partial charge is 0.394 e. The van der Waals surface area contributed by atoms with Crippen LogP contribution in [0.5, 0.6) is 0 Å². The number of aliphatic hydroxyl groups is 1. The van der Waals surface area contributed by atoms with E-state index in [0.717, 1.165) is 63.5 Å². The predicted octanol–water partition coefficient (Wildman–Crippen LogP) is 2.64. The molecule has 4 bridgehead atoms. The number of nitrogens with zero attached hydrogens (tertiary/aromatic N) is 1. The quantitative estimate of drug-likeness (QED) is 0.546. The van der Waals surface area contributed by atoms with Gasteiger partial charge in [0.05, 0.1) is 18.7 Å². The van der Waals surface area contributed by atoms with Crippen molar-refractivity contribution >= 4 is 11.8 Å². The third-order valence-corrected chi connectivity index (χ3v) is 8.76. The van der Waals surface area contributed by atoms with E-state index in [-0.39, 0.29) is 18.4 Å². The highest BCUT2D eigenvalue weighted by Crippen LogP contribution is 2.47. The average Bonchev–Trinajstić information content (AvgIpc) is 3.29. The number of aliphatic hydroxyl groups excluding tert-OH is 1. The number of amides is 2. The van der Waals surface area contributed by atoms with E-state index in [1.54, 1.807) is 0 Å². The third kappa shape index (κ3) is 4.21. The van der Waals surface area contributed by atoms with Crippen LogP contribution in [0.2, 0.25) is 0 Å². The molecular weight excluding hydrogens is 390 g/mol. The maximum Gasteiger partial charge on any atom is 0.234 e. The lowest BCUT2D eigenvalue weighted by Gasteiger charge is -2.42. The number of hydrogen-bond acceptors (Lipinski definition) is 4. The second-order valence-corrected chi connectivity index (χ2v) is 10.9. The molecule has 2 amide bonds. The number of rotatable bonds is 7. The summed E-state index contributed by atoms with van der Waals surface area (Å²) in [5.41, 5.74) is 2.04. The first-order valence-electron chi connectivity index (χ1n) is 12.3. The van der Waals surface area contributed by atoms with E-state index in [1.807, 2.05) is 0 Å². The van der Waals surface area contributed by atoms with Crippen molar-refractivity contribution in [1.82, 2.24) is 15.5 Å². The molecule has 0 radical (unpaired) electrons. The van der Waals surface area contributed by atoms with Gasteiger partial charge >= 0.3 is 0 Å². The van der Waals surface area contributed by atoms with Crippen LogP contribution in [0.25, 0.3) is 0 Å². The second kappa shape index (κ2) is 8.36. The molecule has 0 spiro atoms. The number of hydrogen-bond donors (Lipinski definition) is 3. The summed E-state index contributed by atoms with van der Waals surface area (Å²) in [5.74, 6) is 1.66. The topological polar surface area (TPSA) is 81.7 Å². The molecule has 0 aromatic heterocycles. The van der Waals surface area contributed by atoms with Crippen molar-refractivity contribution < 1.29 is 14.7 Å². The Morgan fingerprint density at radius 2 is 1.84 bits per heavy atom. The van der Waals surface area contributed by atoms with Gasteiger partial charge in [-0.2, -0.15) is 0 Å². The molecule has 4 aliphatic carbocycles. The van der Waals surface area contributed by atoms with Gasteiger partial charge in [-0.3, -0.25) is 14.5 Å². The van der Waals surface area contributed by atoms with Gasteiger partial charge in [-0.15, -0.1) is 0 Å². The van der Waals surface area contributed by atoms with Crippen LogP contribution in [0.4, 0.5) is 0 Å². The molecule has 5 atom stereocenters. The minimum absolute atomic E-state index is 0.0365. The Balaban J connectivity index is 1.11. The number of piperidine rings is 1. The van der Waals surface area contributed by atoms with E-state index in [4.69, 9.17) is 0 Å². The fraction of sp³-hybridized carbons (Fsp3) is 0.760. The van der Waals surface area contributed by atoms with Crippen molar-refractivity contribution in [2.45, 2.75) is 88.3 Å². The van der Waals surface area contributed by atoms with Gasteiger partial charge in [-0.1, -0.05) is 31.1 Å². The molecule has 6 rings (SSSR count). The highest BCUT2D eigenvalue weighted by Gasteiger charge is 2.43. The maximum absolute atomic E-state index is 12.7. The van der Waals surface area contributed by atoms with Crippen LogP contribution in [-0.4, -0.2) is 52.6 Å². The van der Waals surface area contributed by atoms with Gasteiger partial charge in [0, 0.05) is 30.1 Å². The molecule has 0 aromatic carbocycles. The fourth-order valence-corrected chi connectivity index (χ4v) is 6.99. The van der Waals surface area contributed by atoms with Gasteiger partial charge in [0.1, 0.15) is 0 Å². The summed E-state index contributed by atoms with van der Waals surface area (Å²) in [6, 6.07) is 0.807. The zero-order valence-electron chi connectivity index (χ0n) is 18.6. The molecule has 6 aliphatic rings. The van der Waals surface area contributed by atoms with E-state index in [9.17, 15) is 14.7 Å². The molecule has 3 unspecified atom stereocenters. The summed E-state index contributed by atoms with van der Waals surface area (Å²) in [6.07, 6.45) is 13.1. The lowest BCUT2D eigenvalue weighted by atomic mass is 9.64. The van der Waals surface area contributed by atoms with E-state index in [2.05, 4.69) is 28.2 Å². The molecule has 3 N–H and O–H groups in total. The minimum Gasteiger partial charge on any atom is -0.394 e. The molecule has 2 heterocycles. The van der Waals surface area contributed by atoms with Gasteiger partial charge in [0.25, 0.3) is 0 Å². The number of allylic oxidation sites excluding steroid dienone is 3. The van der Waals surface area contributed by atoms with Crippen LogP contribution >= 0.6 is 0 Å². The lowest BCUT2D eigenvalue weighted by molar-refractivity contribution is -0.127. The average molecular weight is 428 g/mol. The summed E-state index contributed by atoms with van der Waals surface area (Å²) in [4.78, 5) is 27.8. The first-order valence-corrected chi connectivity index (χ1v) is 12.3. The molecule has 2 saturated heterocycles. The summed E-state index contributed by atoms with van der Waals surface area (Å²) in [7, 11) is 0. The van der Waals surface area contributed by atoms with Gasteiger partial charge in [0.2, 0.25) is 11.8 Å². The maximum atomic E-state index is 12.7. The van der Waals surface area contributed by atoms with Crippen molar-refractivity contribution in [3.05, 3.63) is 23.9 Å². The van der Waals surface area contributed by atoms with Crippen LogP contribution in [0, 0.1) is 17.8 Å². The lowest BCUT2D eigenvalue weighted by Crippen LogP contribution is -2.54. The Bertz CT molecular complexity index is 771. The van der Waals surface area contributed by atoms with E-state index in [1.165, 1.54) is 12.0 Å². The van der Waals surface area contributed by atoms with Crippen molar-refractivity contribution in [2.75, 3.05) is 13.2 Å². The number of carbonyl (C=O) groups is 2. The molecule has 6 heteroatoms. The van der Waals surface area contributed by atoms with Gasteiger partial charge < -0.3 is 15.7 Å². The van der Waals surface area contributed by atoms with Crippen molar-refractivity contribution in [3.8, 4) is 0 Å². The predicted molar refractivity (Wildman–Crippen MR) is 119 cm³/mol. The zero-order chi connectivity index (χ0) is 21.6. The molecule has 2 aliphatic heterocycles. The van der Waals surface area contributed by atoms with Crippen LogP contribution in [0.15, 0.2) is 23.9 Å². The number of fused-ring (bicyclic) bond motifs is 3.